The predicted octanol–water partition coefficient (Wildman–Crippen LogP) is 3.58. The summed E-state index contributed by atoms with van der Waals surface area (Å²) in [6.45, 7) is 0.197. The summed E-state index contributed by atoms with van der Waals surface area (Å²) in [5.74, 6) is -0.200. The third-order valence-corrected chi connectivity index (χ3v) is 7.22. The van der Waals surface area contributed by atoms with E-state index in [4.69, 9.17) is 0 Å². The van der Waals surface area contributed by atoms with Crippen molar-refractivity contribution in [3.8, 4) is 11.1 Å². The van der Waals surface area contributed by atoms with E-state index in [2.05, 4.69) is 9.97 Å². The van der Waals surface area contributed by atoms with Crippen LogP contribution in [0.3, 0.4) is 0 Å². The Morgan fingerprint density at radius 2 is 1.91 bits per heavy atom. The maximum absolute atomic E-state index is 13.4. The second-order valence-corrected chi connectivity index (χ2v) is 10.4. The second kappa shape index (κ2) is 8.13. The smallest absolute Gasteiger partial charge is 0.254 e. The molecular weight excluding hydrogens is 438 g/mol. The van der Waals surface area contributed by atoms with Crippen LogP contribution in [0.5, 0.6) is 0 Å². The van der Waals surface area contributed by atoms with E-state index in [-0.39, 0.29) is 17.3 Å². The van der Waals surface area contributed by atoms with Crippen LogP contribution in [-0.4, -0.2) is 53.2 Å². The molecule has 2 N–H and O–H groups in total. The van der Waals surface area contributed by atoms with Crippen LogP contribution >= 0.6 is 0 Å². The fourth-order valence-corrected chi connectivity index (χ4v) is 5.15. The third-order valence-electron chi connectivity index (χ3n) is 6.11. The molecule has 5 rings (SSSR count). The zero-order chi connectivity index (χ0) is 23.2. The number of carbonyl (C=O) groups is 1. The van der Waals surface area contributed by atoms with Crippen LogP contribution < -0.4 is 0 Å². The van der Waals surface area contributed by atoms with Crippen LogP contribution in [0, 0.1) is 0 Å². The van der Waals surface area contributed by atoms with E-state index in [0.29, 0.717) is 17.5 Å². The van der Waals surface area contributed by atoms with Crippen molar-refractivity contribution in [2.75, 3.05) is 12.8 Å². The van der Waals surface area contributed by atoms with Gasteiger partial charge in [0.1, 0.15) is 5.65 Å². The topological polar surface area (TPSA) is 103 Å². The molecule has 1 fully saturated rings. The van der Waals surface area contributed by atoms with E-state index in [1.54, 1.807) is 41.4 Å². The van der Waals surface area contributed by atoms with Crippen molar-refractivity contribution in [1.29, 1.82) is 0 Å². The lowest BCUT2D eigenvalue weighted by molar-refractivity contribution is 0.0715. The number of nitrogens with one attached hydrogen (secondary N) is 1. The van der Waals surface area contributed by atoms with Crippen molar-refractivity contribution >= 4 is 26.8 Å². The number of rotatable bonds is 4. The lowest BCUT2D eigenvalue weighted by Gasteiger charge is -2.25. The average Bonchev–Trinajstić information content (AvgIpc) is 3.45. The fraction of sp³-hybridized carbons (Fsp3) is 0.200. The Kier molecular flexibility index (Phi) is 5.26. The van der Waals surface area contributed by atoms with Gasteiger partial charge in [-0.15, -0.1) is 0 Å². The molecular formula is C25H23N3O4S. The minimum absolute atomic E-state index is 0.197. The van der Waals surface area contributed by atoms with Crippen molar-refractivity contribution < 1.29 is 18.3 Å². The number of benzene rings is 2. The number of amides is 1. The number of H-pyrrole nitrogens is 1. The van der Waals surface area contributed by atoms with E-state index in [1.165, 1.54) is 6.07 Å². The summed E-state index contributed by atoms with van der Waals surface area (Å²) in [7, 11) is -3.37. The molecule has 1 saturated heterocycles. The Labute approximate surface area is 191 Å². The first-order valence-electron chi connectivity index (χ1n) is 10.6. The number of aliphatic hydroxyl groups is 1. The van der Waals surface area contributed by atoms with E-state index in [1.807, 2.05) is 30.5 Å². The van der Waals surface area contributed by atoms with Crippen LogP contribution in [0.2, 0.25) is 0 Å². The molecule has 2 unspecified atom stereocenters. The van der Waals surface area contributed by atoms with Crippen LogP contribution in [-0.2, 0) is 9.84 Å². The molecule has 3 heterocycles. The Bertz CT molecular complexity index is 1440. The number of β-amino-alcohol motifs (C(OH)–C–C–N with tert-alkyl or cyclic N) is 1. The maximum Gasteiger partial charge on any atom is 0.254 e. The number of aliphatic hydroxyl groups excluding tert-OH is 1. The number of sulfone groups is 1. The molecule has 1 aliphatic rings. The molecule has 0 spiro atoms. The van der Waals surface area contributed by atoms with E-state index < -0.39 is 22.0 Å². The zero-order valence-corrected chi connectivity index (χ0v) is 18.8. The molecule has 1 amide bonds. The molecule has 1 aliphatic heterocycles. The van der Waals surface area contributed by atoms with Crippen LogP contribution in [0.4, 0.5) is 0 Å². The molecule has 33 heavy (non-hydrogen) atoms. The molecule has 2 aromatic carbocycles. The Morgan fingerprint density at radius 3 is 2.67 bits per heavy atom. The SMILES string of the molecule is CS(=O)(=O)c1cccc(C2CC(O)CN2C(=O)c2ccc(-c3ccnc4[nH]ccc34)cc2)c1. The van der Waals surface area contributed by atoms with Crippen LogP contribution in [0.1, 0.15) is 28.4 Å². The summed E-state index contributed by atoms with van der Waals surface area (Å²) in [5.41, 5.74) is 4.00. The fourth-order valence-electron chi connectivity index (χ4n) is 4.48. The molecule has 0 bridgehead atoms. The van der Waals surface area contributed by atoms with Gasteiger partial charge in [0.05, 0.1) is 17.0 Å². The van der Waals surface area contributed by atoms with Gasteiger partial charge >= 0.3 is 0 Å². The molecule has 168 valence electrons. The number of hydrogen-bond acceptors (Lipinski definition) is 5. The molecule has 2 aromatic heterocycles. The van der Waals surface area contributed by atoms with Crippen molar-refractivity contribution in [3.05, 3.63) is 84.2 Å². The van der Waals surface area contributed by atoms with Gasteiger partial charge in [0.2, 0.25) is 0 Å². The summed E-state index contributed by atoms with van der Waals surface area (Å²) in [6.07, 6.45) is 4.44. The van der Waals surface area contributed by atoms with Gasteiger partial charge in [-0.25, -0.2) is 13.4 Å². The first kappa shape index (κ1) is 21.4. The monoisotopic (exact) mass is 461 g/mol. The van der Waals surface area contributed by atoms with Crippen molar-refractivity contribution in [2.45, 2.75) is 23.5 Å². The summed E-state index contributed by atoms with van der Waals surface area (Å²) < 4.78 is 24.0. The molecule has 2 atom stereocenters. The van der Waals surface area contributed by atoms with Crippen LogP contribution in [0.15, 0.2) is 78.0 Å². The van der Waals surface area contributed by atoms with Gasteiger partial charge in [-0.2, -0.15) is 0 Å². The van der Waals surface area contributed by atoms with Gasteiger partial charge in [-0.05, 0) is 59.5 Å². The van der Waals surface area contributed by atoms with Crippen LogP contribution in [0.25, 0.3) is 22.2 Å². The zero-order valence-electron chi connectivity index (χ0n) is 18.0. The summed E-state index contributed by atoms with van der Waals surface area (Å²) in [4.78, 5) is 22.6. The van der Waals surface area contributed by atoms with Gasteiger partial charge in [-0.1, -0.05) is 24.3 Å². The van der Waals surface area contributed by atoms with Gasteiger partial charge < -0.3 is 15.0 Å². The number of nitrogens with zero attached hydrogens (tertiary/aromatic N) is 2. The molecule has 4 aromatic rings. The average molecular weight is 462 g/mol. The highest BCUT2D eigenvalue weighted by atomic mass is 32.2. The van der Waals surface area contributed by atoms with Crippen molar-refractivity contribution in [3.63, 3.8) is 0 Å². The van der Waals surface area contributed by atoms with E-state index in [0.717, 1.165) is 28.4 Å². The lowest BCUT2D eigenvalue weighted by Crippen LogP contribution is -2.31. The summed E-state index contributed by atoms with van der Waals surface area (Å²) in [6, 6.07) is 17.5. The van der Waals surface area contributed by atoms with Gasteiger partial charge in [0.15, 0.2) is 9.84 Å². The number of carbonyl (C=O) groups excluding carboxylic acids is 1. The van der Waals surface area contributed by atoms with Gasteiger partial charge in [0.25, 0.3) is 5.91 Å². The minimum atomic E-state index is -3.37. The van der Waals surface area contributed by atoms with Crippen molar-refractivity contribution in [1.82, 2.24) is 14.9 Å². The number of likely N-dealkylation sites (tertiary alicyclic amines) is 1. The first-order valence-corrected chi connectivity index (χ1v) is 12.5. The maximum atomic E-state index is 13.4. The Hall–Kier alpha value is -3.49. The molecule has 7 nitrogen and oxygen atoms in total. The predicted molar refractivity (Wildman–Crippen MR) is 125 cm³/mol. The quantitative estimate of drug-likeness (QED) is 0.484. The normalized spacial score (nSPS) is 18.7. The van der Waals surface area contributed by atoms with Gasteiger partial charge in [-0.3, -0.25) is 4.79 Å². The first-order chi connectivity index (χ1) is 15.8. The second-order valence-electron chi connectivity index (χ2n) is 8.38. The van der Waals surface area contributed by atoms with Gasteiger partial charge in [0, 0.05) is 36.1 Å². The minimum Gasteiger partial charge on any atom is -0.391 e. The highest BCUT2D eigenvalue weighted by Crippen LogP contribution is 2.35. The number of fused-ring (bicyclic) bond motifs is 1. The summed E-state index contributed by atoms with van der Waals surface area (Å²) >= 11 is 0. The number of pyridine rings is 1. The van der Waals surface area contributed by atoms with Crippen molar-refractivity contribution in [2.24, 2.45) is 0 Å². The van der Waals surface area contributed by atoms with E-state index >= 15 is 0 Å². The molecule has 0 radical (unpaired) electrons. The molecule has 0 saturated carbocycles. The number of aromatic nitrogens is 2. The number of hydrogen-bond donors (Lipinski definition) is 2. The molecule has 0 aliphatic carbocycles. The largest absolute Gasteiger partial charge is 0.391 e. The standard InChI is InChI=1S/C25H23N3O4S/c1-33(31,32)20-4-2-3-18(13-20)23-14-19(29)15-28(23)25(30)17-7-5-16(6-8-17)21-9-11-26-24-22(21)10-12-27-24/h2-13,19,23,29H,14-15H2,1H3,(H,26,27). The number of aromatic amines is 1. The highest BCUT2D eigenvalue weighted by molar-refractivity contribution is 7.90. The Morgan fingerprint density at radius 1 is 1.12 bits per heavy atom. The third kappa shape index (κ3) is 4.03. The molecule has 8 heteroatoms. The lowest BCUT2D eigenvalue weighted by atomic mass is 10.0. The highest BCUT2D eigenvalue weighted by Gasteiger charge is 2.36. The van der Waals surface area contributed by atoms with E-state index in [9.17, 15) is 18.3 Å². The summed E-state index contributed by atoms with van der Waals surface area (Å²) in [5, 5.41) is 11.3. The Balaban J connectivity index is 1.44.